The molecule has 1 fully saturated rings. The standard InChI is InChI=1S/C7H11N3S/c8-6(3-5-1-2-5)7-4-9-11-10-7/h4-6H,1-3,8H2. The highest BCUT2D eigenvalue weighted by atomic mass is 32.1. The van der Waals surface area contributed by atoms with Gasteiger partial charge in [0, 0.05) is 6.04 Å². The summed E-state index contributed by atoms with van der Waals surface area (Å²) in [6, 6.07) is 0.126. The Kier molecular flexibility index (Phi) is 1.87. The molecule has 1 aliphatic carbocycles. The number of rotatable bonds is 3. The normalized spacial score (nSPS) is 20.1. The van der Waals surface area contributed by atoms with Gasteiger partial charge in [-0.2, -0.15) is 8.75 Å². The van der Waals surface area contributed by atoms with Crippen LogP contribution in [0.1, 0.15) is 31.0 Å². The van der Waals surface area contributed by atoms with Crippen molar-refractivity contribution in [3.8, 4) is 0 Å². The minimum Gasteiger partial charge on any atom is -0.323 e. The molecule has 0 aliphatic heterocycles. The van der Waals surface area contributed by atoms with Crippen LogP contribution in [0.15, 0.2) is 6.20 Å². The van der Waals surface area contributed by atoms with E-state index in [2.05, 4.69) is 8.75 Å². The molecule has 1 aromatic heterocycles. The molecule has 0 amide bonds. The summed E-state index contributed by atoms with van der Waals surface area (Å²) >= 11 is 1.24. The molecule has 1 unspecified atom stereocenters. The fraction of sp³-hybridized carbons (Fsp3) is 0.714. The highest BCUT2D eigenvalue weighted by molar-refractivity contribution is 6.99. The molecule has 1 aliphatic rings. The molecule has 0 saturated heterocycles. The molecule has 0 radical (unpaired) electrons. The second-order valence-corrected chi connectivity index (χ2v) is 3.67. The molecule has 2 rings (SSSR count). The maximum Gasteiger partial charge on any atom is 0.0910 e. The van der Waals surface area contributed by atoms with Crippen LogP contribution < -0.4 is 5.73 Å². The summed E-state index contributed by atoms with van der Waals surface area (Å²) in [5.41, 5.74) is 6.84. The van der Waals surface area contributed by atoms with Gasteiger partial charge in [0.25, 0.3) is 0 Å². The van der Waals surface area contributed by atoms with Crippen LogP contribution in [0.25, 0.3) is 0 Å². The van der Waals surface area contributed by atoms with Crippen molar-refractivity contribution in [1.29, 1.82) is 0 Å². The molecule has 4 heteroatoms. The minimum absolute atomic E-state index is 0.126. The predicted molar refractivity (Wildman–Crippen MR) is 44.2 cm³/mol. The van der Waals surface area contributed by atoms with Gasteiger partial charge in [0.1, 0.15) is 0 Å². The summed E-state index contributed by atoms with van der Waals surface area (Å²) in [5, 5.41) is 0. The number of nitrogens with zero attached hydrogens (tertiary/aromatic N) is 2. The summed E-state index contributed by atoms with van der Waals surface area (Å²) in [6.07, 6.45) is 5.57. The first-order valence-electron chi connectivity index (χ1n) is 3.89. The van der Waals surface area contributed by atoms with E-state index in [-0.39, 0.29) is 6.04 Å². The van der Waals surface area contributed by atoms with Crippen molar-refractivity contribution in [2.75, 3.05) is 0 Å². The summed E-state index contributed by atoms with van der Waals surface area (Å²) in [5.74, 6) is 0.867. The summed E-state index contributed by atoms with van der Waals surface area (Å²) < 4.78 is 8.02. The SMILES string of the molecule is NC(CC1CC1)c1cnsn1. The summed E-state index contributed by atoms with van der Waals surface area (Å²) in [6.45, 7) is 0. The fourth-order valence-electron chi connectivity index (χ4n) is 1.17. The molecule has 1 aromatic rings. The van der Waals surface area contributed by atoms with Crippen LogP contribution in [0, 0.1) is 5.92 Å². The van der Waals surface area contributed by atoms with Crippen molar-refractivity contribution in [1.82, 2.24) is 8.75 Å². The first-order chi connectivity index (χ1) is 5.36. The zero-order valence-corrected chi connectivity index (χ0v) is 7.05. The largest absolute Gasteiger partial charge is 0.323 e. The molecule has 1 heterocycles. The van der Waals surface area contributed by atoms with Gasteiger partial charge in [-0.05, 0) is 12.3 Å². The zero-order valence-electron chi connectivity index (χ0n) is 6.23. The second-order valence-electron chi connectivity index (χ2n) is 3.12. The first kappa shape index (κ1) is 7.18. The van der Waals surface area contributed by atoms with Gasteiger partial charge in [0.15, 0.2) is 0 Å². The van der Waals surface area contributed by atoms with Crippen molar-refractivity contribution in [2.24, 2.45) is 11.7 Å². The Balaban J connectivity index is 1.93. The van der Waals surface area contributed by atoms with E-state index >= 15 is 0 Å². The van der Waals surface area contributed by atoms with Gasteiger partial charge in [0.2, 0.25) is 0 Å². The Hall–Kier alpha value is -0.480. The van der Waals surface area contributed by atoms with Crippen LogP contribution >= 0.6 is 11.7 Å². The zero-order chi connectivity index (χ0) is 7.68. The second kappa shape index (κ2) is 2.87. The Morgan fingerprint density at radius 1 is 1.73 bits per heavy atom. The van der Waals surface area contributed by atoms with Crippen molar-refractivity contribution in [2.45, 2.75) is 25.3 Å². The van der Waals surface area contributed by atoms with E-state index in [1.165, 1.54) is 24.6 Å². The maximum atomic E-state index is 5.88. The lowest BCUT2D eigenvalue weighted by atomic mass is 10.1. The van der Waals surface area contributed by atoms with E-state index in [1.807, 2.05) is 0 Å². The lowest BCUT2D eigenvalue weighted by Crippen LogP contribution is -2.10. The van der Waals surface area contributed by atoms with Crippen LogP contribution in [0.5, 0.6) is 0 Å². The molecule has 1 atom stereocenters. The third kappa shape index (κ3) is 1.75. The van der Waals surface area contributed by atoms with Gasteiger partial charge in [-0.15, -0.1) is 0 Å². The fourth-order valence-corrected chi connectivity index (χ4v) is 1.65. The van der Waals surface area contributed by atoms with Crippen LogP contribution in [0.2, 0.25) is 0 Å². The smallest absolute Gasteiger partial charge is 0.0910 e. The van der Waals surface area contributed by atoms with Crippen molar-refractivity contribution in [3.05, 3.63) is 11.9 Å². The minimum atomic E-state index is 0.126. The third-order valence-electron chi connectivity index (χ3n) is 2.04. The molecule has 2 N–H and O–H groups in total. The van der Waals surface area contributed by atoms with Gasteiger partial charge in [-0.1, -0.05) is 12.8 Å². The highest BCUT2D eigenvalue weighted by Crippen LogP contribution is 2.36. The van der Waals surface area contributed by atoms with E-state index in [0.717, 1.165) is 18.0 Å². The van der Waals surface area contributed by atoms with Crippen LogP contribution in [0.3, 0.4) is 0 Å². The monoisotopic (exact) mass is 169 g/mol. The van der Waals surface area contributed by atoms with Gasteiger partial charge in [0.05, 0.1) is 23.6 Å². The summed E-state index contributed by atoms with van der Waals surface area (Å²) in [4.78, 5) is 0. The molecular formula is C7H11N3S. The molecule has 0 spiro atoms. The Morgan fingerprint density at radius 2 is 2.55 bits per heavy atom. The molecular weight excluding hydrogens is 158 g/mol. The first-order valence-corrected chi connectivity index (χ1v) is 4.62. The average Bonchev–Trinajstić information content (AvgIpc) is 2.67. The summed E-state index contributed by atoms with van der Waals surface area (Å²) in [7, 11) is 0. The number of nitrogens with two attached hydrogens (primary N) is 1. The van der Waals surface area contributed by atoms with Crippen molar-refractivity contribution < 1.29 is 0 Å². The number of hydrogen-bond acceptors (Lipinski definition) is 4. The Labute approximate surface area is 70.0 Å². The molecule has 0 bridgehead atoms. The van der Waals surface area contributed by atoms with Gasteiger partial charge >= 0.3 is 0 Å². The van der Waals surface area contributed by atoms with Gasteiger partial charge < -0.3 is 5.73 Å². The molecule has 60 valence electrons. The average molecular weight is 169 g/mol. The lowest BCUT2D eigenvalue weighted by molar-refractivity contribution is 0.587. The molecule has 11 heavy (non-hydrogen) atoms. The highest BCUT2D eigenvalue weighted by Gasteiger charge is 2.25. The van der Waals surface area contributed by atoms with E-state index in [1.54, 1.807) is 6.20 Å². The lowest BCUT2D eigenvalue weighted by Gasteiger charge is -2.04. The van der Waals surface area contributed by atoms with Crippen molar-refractivity contribution in [3.63, 3.8) is 0 Å². The van der Waals surface area contributed by atoms with Crippen LogP contribution in [-0.4, -0.2) is 8.75 Å². The van der Waals surface area contributed by atoms with Gasteiger partial charge in [-0.3, -0.25) is 0 Å². The Morgan fingerprint density at radius 3 is 3.09 bits per heavy atom. The van der Waals surface area contributed by atoms with E-state index in [0.29, 0.717) is 0 Å². The van der Waals surface area contributed by atoms with Crippen LogP contribution in [-0.2, 0) is 0 Å². The molecule has 3 nitrogen and oxygen atoms in total. The van der Waals surface area contributed by atoms with E-state index in [9.17, 15) is 0 Å². The third-order valence-corrected chi connectivity index (χ3v) is 2.53. The predicted octanol–water partition coefficient (Wildman–Crippen LogP) is 1.34. The van der Waals surface area contributed by atoms with E-state index < -0.39 is 0 Å². The number of aromatic nitrogens is 2. The Bertz CT molecular complexity index is 218. The molecule has 0 aromatic carbocycles. The topological polar surface area (TPSA) is 51.8 Å². The maximum absolute atomic E-state index is 5.88. The van der Waals surface area contributed by atoms with Gasteiger partial charge in [-0.25, -0.2) is 0 Å². The molecule has 1 saturated carbocycles. The van der Waals surface area contributed by atoms with Crippen LogP contribution in [0.4, 0.5) is 0 Å². The number of hydrogen-bond donors (Lipinski definition) is 1. The van der Waals surface area contributed by atoms with Crippen molar-refractivity contribution >= 4 is 11.7 Å². The quantitative estimate of drug-likeness (QED) is 0.742. The van der Waals surface area contributed by atoms with E-state index in [4.69, 9.17) is 5.73 Å².